The molecule has 3 N–H and O–H groups in total. The lowest BCUT2D eigenvalue weighted by atomic mass is 9.96. The SMILES string of the molecule is CC(C)c1ccc(CCCNC(=O)N2CCC[C@](O)(CO)CC2)cc1. The van der Waals surface area contributed by atoms with Crippen LogP contribution in [-0.4, -0.2) is 53.0 Å². The maximum absolute atomic E-state index is 12.3. The molecular weight excluding hydrogens is 316 g/mol. The second-order valence-corrected chi connectivity index (χ2v) is 7.45. The van der Waals surface area contributed by atoms with Crippen LogP contribution < -0.4 is 5.32 Å². The van der Waals surface area contributed by atoms with Gasteiger partial charge in [-0.05, 0) is 49.1 Å². The number of aliphatic hydroxyl groups is 2. The van der Waals surface area contributed by atoms with Crippen LogP contribution in [0.5, 0.6) is 0 Å². The summed E-state index contributed by atoms with van der Waals surface area (Å²) >= 11 is 0. The van der Waals surface area contributed by atoms with Gasteiger partial charge in [-0.15, -0.1) is 0 Å². The largest absolute Gasteiger partial charge is 0.393 e. The molecule has 0 radical (unpaired) electrons. The Bertz CT molecular complexity index is 544. The van der Waals surface area contributed by atoms with Gasteiger partial charge in [0.1, 0.15) is 0 Å². The van der Waals surface area contributed by atoms with Crippen LogP contribution in [0, 0.1) is 0 Å². The summed E-state index contributed by atoms with van der Waals surface area (Å²) < 4.78 is 0. The van der Waals surface area contributed by atoms with Gasteiger partial charge < -0.3 is 20.4 Å². The number of nitrogens with one attached hydrogen (secondary N) is 1. The van der Waals surface area contributed by atoms with Gasteiger partial charge >= 0.3 is 6.03 Å². The third kappa shape index (κ3) is 6.01. The van der Waals surface area contributed by atoms with E-state index in [1.807, 2.05) is 0 Å². The second kappa shape index (κ2) is 9.20. The van der Waals surface area contributed by atoms with Crippen molar-refractivity contribution in [3.63, 3.8) is 0 Å². The minimum absolute atomic E-state index is 0.0719. The minimum Gasteiger partial charge on any atom is -0.393 e. The van der Waals surface area contributed by atoms with Crippen molar-refractivity contribution in [3.8, 4) is 0 Å². The molecule has 0 aromatic heterocycles. The van der Waals surface area contributed by atoms with E-state index in [2.05, 4.69) is 43.4 Å². The molecule has 25 heavy (non-hydrogen) atoms. The molecule has 1 aromatic rings. The average Bonchev–Trinajstić information content (AvgIpc) is 2.81. The Hall–Kier alpha value is -1.59. The number of urea groups is 1. The molecule has 0 aliphatic carbocycles. The van der Waals surface area contributed by atoms with Gasteiger partial charge in [-0.3, -0.25) is 0 Å². The van der Waals surface area contributed by atoms with Crippen molar-refractivity contribution in [2.45, 2.75) is 57.5 Å². The van der Waals surface area contributed by atoms with Gasteiger partial charge in [0.2, 0.25) is 0 Å². The first-order valence-electron chi connectivity index (χ1n) is 9.38. The van der Waals surface area contributed by atoms with E-state index < -0.39 is 5.60 Å². The van der Waals surface area contributed by atoms with Gasteiger partial charge in [0, 0.05) is 19.6 Å². The Labute approximate surface area is 151 Å². The summed E-state index contributed by atoms with van der Waals surface area (Å²) in [5, 5.41) is 22.4. The maximum atomic E-state index is 12.3. The first-order chi connectivity index (χ1) is 11.9. The number of benzene rings is 1. The van der Waals surface area contributed by atoms with Crippen LogP contribution in [0.2, 0.25) is 0 Å². The average molecular weight is 348 g/mol. The Balaban J connectivity index is 1.70. The van der Waals surface area contributed by atoms with E-state index in [1.165, 1.54) is 11.1 Å². The molecule has 140 valence electrons. The zero-order valence-corrected chi connectivity index (χ0v) is 15.5. The van der Waals surface area contributed by atoms with E-state index in [-0.39, 0.29) is 12.6 Å². The zero-order valence-electron chi connectivity index (χ0n) is 15.5. The van der Waals surface area contributed by atoms with E-state index in [9.17, 15) is 15.0 Å². The lowest BCUT2D eigenvalue weighted by Gasteiger charge is -2.24. The first-order valence-corrected chi connectivity index (χ1v) is 9.38. The Morgan fingerprint density at radius 1 is 1.24 bits per heavy atom. The van der Waals surface area contributed by atoms with Crippen LogP contribution >= 0.6 is 0 Å². The van der Waals surface area contributed by atoms with Crippen molar-refractivity contribution >= 4 is 6.03 Å². The smallest absolute Gasteiger partial charge is 0.317 e. The predicted molar refractivity (Wildman–Crippen MR) is 99.7 cm³/mol. The summed E-state index contributed by atoms with van der Waals surface area (Å²) in [4.78, 5) is 14.0. The minimum atomic E-state index is -1.03. The van der Waals surface area contributed by atoms with E-state index in [0.717, 1.165) is 12.8 Å². The highest BCUT2D eigenvalue weighted by molar-refractivity contribution is 5.74. The van der Waals surface area contributed by atoms with E-state index in [0.29, 0.717) is 44.8 Å². The summed E-state index contributed by atoms with van der Waals surface area (Å²) in [6.45, 7) is 5.90. The summed E-state index contributed by atoms with van der Waals surface area (Å²) in [6.07, 6.45) is 3.54. The molecular formula is C20H32N2O3. The number of nitrogens with zero attached hydrogens (tertiary/aromatic N) is 1. The summed E-state index contributed by atoms with van der Waals surface area (Å²) in [5.74, 6) is 0.547. The number of carbonyl (C=O) groups is 1. The van der Waals surface area contributed by atoms with Crippen LogP contribution in [0.15, 0.2) is 24.3 Å². The number of amides is 2. The van der Waals surface area contributed by atoms with Crippen molar-refractivity contribution in [2.75, 3.05) is 26.2 Å². The molecule has 0 saturated carbocycles. The van der Waals surface area contributed by atoms with Crippen molar-refractivity contribution < 1.29 is 15.0 Å². The Kier molecular flexibility index (Phi) is 7.26. The second-order valence-electron chi connectivity index (χ2n) is 7.45. The van der Waals surface area contributed by atoms with Gasteiger partial charge in [0.05, 0.1) is 12.2 Å². The van der Waals surface area contributed by atoms with E-state index in [4.69, 9.17) is 0 Å². The van der Waals surface area contributed by atoms with Crippen molar-refractivity contribution in [1.29, 1.82) is 0 Å². The molecule has 2 rings (SSSR count). The fourth-order valence-electron chi connectivity index (χ4n) is 3.21. The van der Waals surface area contributed by atoms with Gasteiger partial charge in [0.25, 0.3) is 0 Å². The standard InChI is InChI=1S/C20H32N2O3/c1-16(2)18-8-6-17(7-9-18)5-3-12-21-19(24)22-13-4-10-20(25,15-23)11-14-22/h6-9,16,23,25H,3-5,10-15H2,1-2H3,(H,21,24)/t20-/m1/s1. The number of hydrogen-bond acceptors (Lipinski definition) is 3. The quantitative estimate of drug-likeness (QED) is 0.692. The molecule has 1 fully saturated rings. The molecule has 1 aromatic carbocycles. The maximum Gasteiger partial charge on any atom is 0.317 e. The third-order valence-electron chi connectivity index (χ3n) is 5.06. The van der Waals surface area contributed by atoms with Crippen molar-refractivity contribution in [3.05, 3.63) is 35.4 Å². The Morgan fingerprint density at radius 2 is 1.96 bits per heavy atom. The van der Waals surface area contributed by atoms with Gasteiger partial charge in [-0.25, -0.2) is 4.79 Å². The van der Waals surface area contributed by atoms with E-state index >= 15 is 0 Å². The highest BCUT2D eigenvalue weighted by Crippen LogP contribution is 2.21. The summed E-state index contributed by atoms with van der Waals surface area (Å²) in [7, 11) is 0. The number of likely N-dealkylation sites (tertiary alicyclic amines) is 1. The van der Waals surface area contributed by atoms with Crippen molar-refractivity contribution in [2.24, 2.45) is 0 Å². The van der Waals surface area contributed by atoms with Crippen molar-refractivity contribution in [1.82, 2.24) is 10.2 Å². The molecule has 0 spiro atoms. The van der Waals surface area contributed by atoms with Gasteiger partial charge in [0.15, 0.2) is 0 Å². The molecule has 1 aliphatic heterocycles. The topological polar surface area (TPSA) is 72.8 Å². The highest BCUT2D eigenvalue weighted by atomic mass is 16.3. The molecule has 5 nitrogen and oxygen atoms in total. The number of hydrogen-bond donors (Lipinski definition) is 3. The molecule has 1 saturated heterocycles. The summed E-state index contributed by atoms with van der Waals surface area (Å²) in [6, 6.07) is 8.62. The van der Waals surface area contributed by atoms with Crippen LogP contribution in [0.25, 0.3) is 0 Å². The zero-order chi connectivity index (χ0) is 18.3. The molecule has 0 unspecified atom stereocenters. The Morgan fingerprint density at radius 3 is 2.60 bits per heavy atom. The normalized spacial score (nSPS) is 21.2. The number of aryl methyl sites for hydroxylation is 1. The monoisotopic (exact) mass is 348 g/mol. The molecule has 1 aliphatic rings. The summed E-state index contributed by atoms with van der Waals surface area (Å²) in [5.41, 5.74) is 1.61. The highest BCUT2D eigenvalue weighted by Gasteiger charge is 2.30. The van der Waals surface area contributed by atoms with Gasteiger partial charge in [-0.2, -0.15) is 0 Å². The lowest BCUT2D eigenvalue weighted by molar-refractivity contribution is -0.0248. The van der Waals surface area contributed by atoms with Crippen LogP contribution in [0.4, 0.5) is 4.79 Å². The molecule has 1 heterocycles. The fourth-order valence-corrected chi connectivity index (χ4v) is 3.21. The van der Waals surface area contributed by atoms with Gasteiger partial charge in [-0.1, -0.05) is 38.1 Å². The molecule has 0 bridgehead atoms. The number of rotatable bonds is 6. The molecule has 5 heteroatoms. The van der Waals surface area contributed by atoms with Crippen LogP contribution in [0.1, 0.15) is 56.6 Å². The molecule has 1 atom stereocenters. The third-order valence-corrected chi connectivity index (χ3v) is 5.06. The predicted octanol–water partition coefficient (Wildman–Crippen LogP) is 2.66. The first kappa shape index (κ1) is 19.7. The number of aliphatic hydroxyl groups excluding tert-OH is 1. The number of carbonyl (C=O) groups excluding carboxylic acids is 1. The van der Waals surface area contributed by atoms with Crippen LogP contribution in [-0.2, 0) is 6.42 Å². The van der Waals surface area contributed by atoms with Crippen LogP contribution in [0.3, 0.4) is 0 Å². The van der Waals surface area contributed by atoms with E-state index in [1.54, 1.807) is 4.90 Å². The lowest BCUT2D eigenvalue weighted by Crippen LogP contribution is -2.42. The fraction of sp³-hybridized carbons (Fsp3) is 0.650. The molecule has 2 amide bonds.